The van der Waals surface area contributed by atoms with Gasteiger partial charge in [-0.15, -0.1) is 0 Å². The SMILES string of the molecule is NC(=O)C1CC(=O)N(c2cccc(-c3ccsc3)c2)C1. The van der Waals surface area contributed by atoms with Crippen molar-refractivity contribution in [3.63, 3.8) is 0 Å². The maximum absolute atomic E-state index is 12.0. The van der Waals surface area contributed by atoms with Gasteiger partial charge in [-0.2, -0.15) is 11.3 Å². The summed E-state index contributed by atoms with van der Waals surface area (Å²) in [5, 5.41) is 4.09. The van der Waals surface area contributed by atoms with Crippen LogP contribution in [-0.4, -0.2) is 18.4 Å². The second-order valence-electron chi connectivity index (χ2n) is 4.87. The number of primary amides is 1. The molecule has 1 aromatic carbocycles. The molecule has 0 spiro atoms. The summed E-state index contributed by atoms with van der Waals surface area (Å²) in [4.78, 5) is 24.9. The fourth-order valence-corrected chi connectivity index (χ4v) is 3.09. The van der Waals surface area contributed by atoms with Crippen LogP contribution in [0.4, 0.5) is 5.69 Å². The Morgan fingerprint density at radius 1 is 1.30 bits per heavy atom. The molecule has 0 aliphatic carbocycles. The Bertz CT molecular complexity index is 652. The van der Waals surface area contributed by atoms with Gasteiger partial charge in [-0.25, -0.2) is 0 Å². The minimum atomic E-state index is -0.408. The second kappa shape index (κ2) is 5.09. The molecule has 3 rings (SSSR count). The first kappa shape index (κ1) is 12.9. The Morgan fingerprint density at radius 2 is 2.15 bits per heavy atom. The first-order valence-corrected chi connectivity index (χ1v) is 7.32. The van der Waals surface area contributed by atoms with Crippen LogP contribution in [0.25, 0.3) is 11.1 Å². The third-order valence-corrected chi connectivity index (χ3v) is 4.22. The molecule has 1 fully saturated rings. The van der Waals surface area contributed by atoms with Crippen LogP contribution >= 0.6 is 11.3 Å². The van der Waals surface area contributed by atoms with Gasteiger partial charge >= 0.3 is 0 Å². The van der Waals surface area contributed by atoms with Crippen molar-refractivity contribution in [1.29, 1.82) is 0 Å². The molecule has 0 saturated carbocycles. The van der Waals surface area contributed by atoms with Gasteiger partial charge in [0.25, 0.3) is 0 Å². The first-order valence-electron chi connectivity index (χ1n) is 6.37. The first-order chi connectivity index (χ1) is 9.65. The molecule has 4 nitrogen and oxygen atoms in total. The van der Waals surface area contributed by atoms with Crippen molar-refractivity contribution < 1.29 is 9.59 Å². The van der Waals surface area contributed by atoms with E-state index in [0.717, 1.165) is 16.8 Å². The van der Waals surface area contributed by atoms with E-state index in [-0.39, 0.29) is 18.2 Å². The molecular formula is C15H14N2O2S. The predicted octanol–water partition coefficient (Wildman–Crippen LogP) is 2.25. The smallest absolute Gasteiger partial charge is 0.227 e. The van der Waals surface area contributed by atoms with Crippen LogP contribution in [0.2, 0.25) is 0 Å². The van der Waals surface area contributed by atoms with Crippen LogP contribution in [0.3, 0.4) is 0 Å². The molecule has 20 heavy (non-hydrogen) atoms. The van der Waals surface area contributed by atoms with E-state index in [1.165, 1.54) is 0 Å². The number of hydrogen-bond acceptors (Lipinski definition) is 3. The molecule has 102 valence electrons. The van der Waals surface area contributed by atoms with E-state index >= 15 is 0 Å². The van der Waals surface area contributed by atoms with Gasteiger partial charge in [-0.3, -0.25) is 9.59 Å². The molecule has 5 heteroatoms. The quantitative estimate of drug-likeness (QED) is 0.940. The minimum Gasteiger partial charge on any atom is -0.369 e. The van der Waals surface area contributed by atoms with Crippen LogP contribution in [0.1, 0.15) is 6.42 Å². The predicted molar refractivity (Wildman–Crippen MR) is 79.4 cm³/mol. The fraction of sp³-hybridized carbons (Fsp3) is 0.200. The van der Waals surface area contributed by atoms with E-state index in [0.29, 0.717) is 6.54 Å². The highest BCUT2D eigenvalue weighted by atomic mass is 32.1. The van der Waals surface area contributed by atoms with E-state index in [4.69, 9.17) is 5.73 Å². The average Bonchev–Trinajstić information content (AvgIpc) is 3.08. The van der Waals surface area contributed by atoms with Crippen LogP contribution in [0, 0.1) is 5.92 Å². The van der Waals surface area contributed by atoms with Crippen molar-refractivity contribution in [1.82, 2.24) is 0 Å². The minimum absolute atomic E-state index is 0.0451. The lowest BCUT2D eigenvalue weighted by molar-refractivity contribution is -0.123. The zero-order valence-corrected chi connectivity index (χ0v) is 11.6. The van der Waals surface area contributed by atoms with Crippen LogP contribution < -0.4 is 10.6 Å². The molecule has 0 bridgehead atoms. The molecule has 1 aliphatic rings. The zero-order chi connectivity index (χ0) is 14.1. The van der Waals surface area contributed by atoms with Crippen LogP contribution in [0.5, 0.6) is 0 Å². The van der Waals surface area contributed by atoms with Crippen molar-refractivity contribution in [3.05, 3.63) is 41.1 Å². The average molecular weight is 286 g/mol. The van der Waals surface area contributed by atoms with Gasteiger partial charge in [-0.05, 0) is 40.1 Å². The highest BCUT2D eigenvalue weighted by Gasteiger charge is 2.33. The number of benzene rings is 1. The van der Waals surface area contributed by atoms with Crippen molar-refractivity contribution in [2.75, 3.05) is 11.4 Å². The monoisotopic (exact) mass is 286 g/mol. The highest BCUT2D eigenvalue weighted by Crippen LogP contribution is 2.30. The molecule has 2 N–H and O–H groups in total. The molecule has 2 aromatic rings. The molecule has 0 radical (unpaired) electrons. The normalized spacial score (nSPS) is 18.5. The summed E-state index contributed by atoms with van der Waals surface area (Å²) < 4.78 is 0. The number of amides is 2. The Hall–Kier alpha value is -2.14. The maximum Gasteiger partial charge on any atom is 0.227 e. The highest BCUT2D eigenvalue weighted by molar-refractivity contribution is 7.08. The third kappa shape index (κ3) is 2.32. The number of nitrogens with two attached hydrogens (primary N) is 1. The Morgan fingerprint density at radius 3 is 2.80 bits per heavy atom. The van der Waals surface area contributed by atoms with Gasteiger partial charge in [0, 0.05) is 18.7 Å². The summed E-state index contributed by atoms with van der Waals surface area (Å²) in [6.45, 7) is 0.376. The standard InChI is InChI=1S/C15H14N2O2S/c16-15(19)12-7-14(18)17(8-12)13-3-1-2-10(6-13)11-4-5-20-9-11/h1-6,9,12H,7-8H2,(H2,16,19). The summed E-state index contributed by atoms with van der Waals surface area (Å²) >= 11 is 1.64. The molecule has 1 atom stereocenters. The summed E-state index contributed by atoms with van der Waals surface area (Å²) in [5.41, 5.74) is 8.32. The number of carbonyl (C=O) groups excluding carboxylic acids is 2. The number of nitrogens with zero attached hydrogens (tertiary/aromatic N) is 1. The number of thiophene rings is 1. The Labute approximate surface area is 120 Å². The van der Waals surface area contributed by atoms with Crippen molar-refractivity contribution in [2.45, 2.75) is 6.42 Å². The van der Waals surface area contributed by atoms with Gasteiger partial charge in [0.1, 0.15) is 0 Å². The molecule has 1 aromatic heterocycles. The molecular weight excluding hydrogens is 272 g/mol. The Balaban J connectivity index is 1.90. The van der Waals surface area contributed by atoms with Gasteiger partial charge in [-0.1, -0.05) is 12.1 Å². The lowest BCUT2D eigenvalue weighted by Gasteiger charge is -2.17. The van der Waals surface area contributed by atoms with Crippen molar-refractivity contribution in [3.8, 4) is 11.1 Å². The van der Waals surface area contributed by atoms with E-state index in [9.17, 15) is 9.59 Å². The van der Waals surface area contributed by atoms with E-state index in [1.54, 1.807) is 16.2 Å². The summed E-state index contributed by atoms with van der Waals surface area (Å²) in [6, 6.07) is 9.84. The van der Waals surface area contributed by atoms with Gasteiger partial charge < -0.3 is 10.6 Å². The van der Waals surface area contributed by atoms with E-state index in [2.05, 4.69) is 5.38 Å². The van der Waals surface area contributed by atoms with Crippen molar-refractivity contribution >= 4 is 28.8 Å². The molecule has 1 unspecified atom stereocenters. The van der Waals surface area contributed by atoms with Gasteiger partial charge in [0.05, 0.1) is 5.92 Å². The zero-order valence-electron chi connectivity index (χ0n) is 10.8. The summed E-state index contributed by atoms with van der Waals surface area (Å²) in [7, 11) is 0. The fourth-order valence-electron chi connectivity index (χ4n) is 2.43. The number of anilines is 1. The molecule has 2 heterocycles. The van der Waals surface area contributed by atoms with E-state index in [1.807, 2.05) is 35.7 Å². The van der Waals surface area contributed by atoms with Gasteiger partial charge in [0.2, 0.25) is 11.8 Å². The topological polar surface area (TPSA) is 63.4 Å². The van der Waals surface area contributed by atoms with E-state index < -0.39 is 5.91 Å². The summed E-state index contributed by atoms with van der Waals surface area (Å²) in [6.07, 6.45) is 0.206. The van der Waals surface area contributed by atoms with Gasteiger partial charge in [0.15, 0.2) is 0 Å². The second-order valence-corrected chi connectivity index (χ2v) is 5.65. The third-order valence-electron chi connectivity index (χ3n) is 3.54. The number of rotatable bonds is 3. The van der Waals surface area contributed by atoms with Crippen molar-refractivity contribution in [2.24, 2.45) is 11.7 Å². The van der Waals surface area contributed by atoms with Crippen LogP contribution in [-0.2, 0) is 9.59 Å². The molecule has 1 aliphatic heterocycles. The largest absolute Gasteiger partial charge is 0.369 e. The molecule has 1 saturated heterocycles. The lowest BCUT2D eigenvalue weighted by atomic mass is 10.1. The summed E-state index contributed by atoms with van der Waals surface area (Å²) in [5.74, 6) is -0.835. The van der Waals surface area contributed by atoms with Crippen LogP contribution in [0.15, 0.2) is 41.1 Å². The number of carbonyl (C=O) groups is 2. The lowest BCUT2D eigenvalue weighted by Crippen LogP contribution is -2.28. The Kier molecular flexibility index (Phi) is 3.28. The maximum atomic E-state index is 12.0. The molecule has 2 amide bonds. The number of hydrogen-bond donors (Lipinski definition) is 1.